The Labute approximate surface area is 131 Å². The fourth-order valence-electron chi connectivity index (χ4n) is 2.18. The molecule has 0 N–H and O–H groups in total. The summed E-state index contributed by atoms with van der Waals surface area (Å²) in [6, 6.07) is 15.9. The van der Waals surface area contributed by atoms with Crippen LogP contribution < -0.4 is 9.47 Å². The molecule has 0 unspecified atom stereocenters. The first-order chi connectivity index (χ1) is 10.9. The lowest BCUT2D eigenvalue weighted by Gasteiger charge is -1.96. The van der Waals surface area contributed by atoms with Crippen molar-refractivity contribution in [2.24, 2.45) is 4.99 Å². The normalized spacial score (nSPS) is 12.9. The molecule has 0 fully saturated rings. The lowest BCUT2D eigenvalue weighted by Crippen LogP contribution is -1.92. The molecule has 4 nitrogen and oxygen atoms in total. The highest BCUT2D eigenvalue weighted by Gasteiger charge is 2.12. The van der Waals surface area contributed by atoms with Crippen LogP contribution in [0, 0.1) is 0 Å². The zero-order valence-corrected chi connectivity index (χ0v) is 12.4. The van der Waals surface area contributed by atoms with E-state index in [9.17, 15) is 0 Å². The minimum atomic E-state index is 0.281. The molecule has 0 saturated heterocycles. The summed E-state index contributed by atoms with van der Waals surface area (Å²) in [5.41, 5.74) is 2.12. The van der Waals surface area contributed by atoms with Crippen LogP contribution >= 0.6 is 11.3 Å². The van der Waals surface area contributed by atoms with Crippen molar-refractivity contribution in [3.63, 3.8) is 0 Å². The van der Waals surface area contributed by atoms with Gasteiger partial charge in [-0.05, 0) is 29.3 Å². The quantitative estimate of drug-likeness (QED) is 0.678. The van der Waals surface area contributed by atoms with Gasteiger partial charge in [0.1, 0.15) is 0 Å². The summed E-state index contributed by atoms with van der Waals surface area (Å²) in [5.74, 6) is 1.53. The van der Waals surface area contributed by atoms with Gasteiger partial charge in [-0.25, -0.2) is 9.98 Å². The smallest absolute Gasteiger partial charge is 0.231 e. The van der Waals surface area contributed by atoms with Crippen molar-refractivity contribution in [1.29, 1.82) is 0 Å². The van der Waals surface area contributed by atoms with Gasteiger partial charge >= 0.3 is 0 Å². The summed E-state index contributed by atoms with van der Waals surface area (Å²) >= 11 is 1.57. The Morgan fingerprint density at radius 2 is 1.91 bits per heavy atom. The summed E-state index contributed by atoms with van der Waals surface area (Å²) in [4.78, 5) is 9.89. The third-order valence-corrected chi connectivity index (χ3v) is 4.23. The average molecular weight is 308 g/mol. The van der Waals surface area contributed by atoms with E-state index in [0.717, 1.165) is 32.6 Å². The Kier molecular flexibility index (Phi) is 3.33. The summed E-state index contributed by atoms with van der Waals surface area (Å²) in [6.07, 6.45) is 3.64. The van der Waals surface area contributed by atoms with Gasteiger partial charge in [0, 0.05) is 12.4 Å². The maximum Gasteiger partial charge on any atom is 0.231 e. The molecule has 108 valence electrons. The third kappa shape index (κ3) is 2.58. The van der Waals surface area contributed by atoms with Crippen LogP contribution in [0.5, 0.6) is 11.5 Å². The van der Waals surface area contributed by atoms with Crippen molar-refractivity contribution >= 4 is 22.7 Å². The van der Waals surface area contributed by atoms with Crippen molar-refractivity contribution in [3.8, 4) is 21.9 Å². The van der Waals surface area contributed by atoms with Crippen LogP contribution in [0.4, 0.5) is 5.13 Å². The van der Waals surface area contributed by atoms with Gasteiger partial charge in [-0.15, -0.1) is 0 Å². The molecule has 0 saturated carbocycles. The number of hydrogen-bond acceptors (Lipinski definition) is 5. The number of nitrogens with zero attached hydrogens (tertiary/aromatic N) is 2. The van der Waals surface area contributed by atoms with Crippen molar-refractivity contribution in [2.75, 3.05) is 6.79 Å². The highest BCUT2D eigenvalue weighted by molar-refractivity contribution is 7.18. The van der Waals surface area contributed by atoms with Crippen LogP contribution in [0.3, 0.4) is 0 Å². The van der Waals surface area contributed by atoms with Gasteiger partial charge in [0.2, 0.25) is 11.9 Å². The Morgan fingerprint density at radius 3 is 2.82 bits per heavy atom. The van der Waals surface area contributed by atoms with Crippen LogP contribution in [-0.4, -0.2) is 18.0 Å². The predicted octanol–water partition coefficient (Wildman–Crippen LogP) is 4.29. The van der Waals surface area contributed by atoms with E-state index in [1.807, 2.05) is 42.6 Å². The number of rotatable bonds is 3. The zero-order valence-electron chi connectivity index (χ0n) is 11.6. The van der Waals surface area contributed by atoms with Gasteiger partial charge in [-0.2, -0.15) is 0 Å². The number of aromatic nitrogens is 1. The number of benzene rings is 2. The Balaban J connectivity index is 1.55. The summed E-state index contributed by atoms with van der Waals surface area (Å²) in [5, 5.41) is 0.733. The Hall–Kier alpha value is -2.66. The summed E-state index contributed by atoms with van der Waals surface area (Å²) in [6.45, 7) is 0.281. The van der Waals surface area contributed by atoms with E-state index in [1.165, 1.54) is 0 Å². The topological polar surface area (TPSA) is 43.7 Å². The lowest BCUT2D eigenvalue weighted by atomic mass is 10.2. The van der Waals surface area contributed by atoms with E-state index in [1.54, 1.807) is 17.6 Å². The highest BCUT2D eigenvalue weighted by Crippen LogP contribution is 2.33. The zero-order chi connectivity index (χ0) is 14.8. The molecule has 0 radical (unpaired) electrons. The van der Waals surface area contributed by atoms with E-state index in [4.69, 9.17) is 9.47 Å². The fourth-order valence-corrected chi connectivity index (χ4v) is 2.95. The number of aliphatic imine (C=N–C) groups is 1. The van der Waals surface area contributed by atoms with E-state index in [-0.39, 0.29) is 6.79 Å². The molecule has 1 aliphatic heterocycles. The molecule has 0 atom stereocenters. The number of fused-ring (bicyclic) bond motifs is 1. The van der Waals surface area contributed by atoms with E-state index in [2.05, 4.69) is 22.1 Å². The first-order valence-electron chi connectivity index (χ1n) is 6.83. The van der Waals surface area contributed by atoms with Crippen LogP contribution in [0.1, 0.15) is 5.56 Å². The van der Waals surface area contributed by atoms with Crippen LogP contribution in [0.25, 0.3) is 10.4 Å². The van der Waals surface area contributed by atoms with Crippen LogP contribution in [-0.2, 0) is 0 Å². The molecule has 2 heterocycles. The number of thiazole rings is 1. The second-order valence-electron chi connectivity index (χ2n) is 4.74. The number of hydrogen-bond donors (Lipinski definition) is 0. The van der Waals surface area contributed by atoms with Crippen molar-refractivity contribution in [3.05, 3.63) is 60.3 Å². The SMILES string of the molecule is C(=N\c1ncc(-c2ccccc2)s1)/c1ccc2c(c1)OCO2. The molecule has 1 aliphatic rings. The molecule has 0 aliphatic carbocycles. The molecule has 1 aromatic heterocycles. The van der Waals surface area contributed by atoms with Gasteiger partial charge in [-0.3, -0.25) is 0 Å². The van der Waals surface area contributed by atoms with Gasteiger partial charge < -0.3 is 9.47 Å². The summed E-state index contributed by atoms with van der Waals surface area (Å²) < 4.78 is 10.6. The Morgan fingerprint density at radius 1 is 1.05 bits per heavy atom. The van der Waals surface area contributed by atoms with E-state index in [0.29, 0.717) is 0 Å². The summed E-state index contributed by atoms with van der Waals surface area (Å²) in [7, 11) is 0. The van der Waals surface area contributed by atoms with Gasteiger partial charge in [-0.1, -0.05) is 41.7 Å². The molecule has 0 bridgehead atoms. The van der Waals surface area contributed by atoms with E-state index >= 15 is 0 Å². The minimum absolute atomic E-state index is 0.281. The first-order valence-corrected chi connectivity index (χ1v) is 7.65. The maximum absolute atomic E-state index is 5.36. The van der Waals surface area contributed by atoms with Gasteiger partial charge in [0.15, 0.2) is 11.5 Å². The molecule has 0 spiro atoms. The molecular formula is C17H12N2O2S. The average Bonchev–Trinajstić information content (AvgIpc) is 3.22. The largest absolute Gasteiger partial charge is 0.454 e. The maximum atomic E-state index is 5.36. The standard InChI is InChI=1S/C17H12N2O2S/c1-2-4-13(5-3-1)16-10-19-17(22-16)18-9-12-6-7-14-15(8-12)21-11-20-14/h1-10H,11H2/b18-9+. The second-order valence-corrected chi connectivity index (χ2v) is 5.75. The Bertz CT molecular complexity index is 828. The molecule has 3 aromatic rings. The highest BCUT2D eigenvalue weighted by atomic mass is 32.1. The molecule has 5 heteroatoms. The third-order valence-electron chi connectivity index (χ3n) is 3.27. The fraction of sp³-hybridized carbons (Fsp3) is 0.0588. The van der Waals surface area contributed by atoms with Crippen molar-refractivity contribution in [1.82, 2.24) is 4.98 Å². The van der Waals surface area contributed by atoms with Gasteiger partial charge in [0.05, 0.1) is 4.88 Å². The number of ether oxygens (including phenoxy) is 2. The van der Waals surface area contributed by atoms with E-state index < -0.39 is 0 Å². The van der Waals surface area contributed by atoms with Crippen molar-refractivity contribution < 1.29 is 9.47 Å². The lowest BCUT2D eigenvalue weighted by molar-refractivity contribution is 0.174. The monoisotopic (exact) mass is 308 g/mol. The van der Waals surface area contributed by atoms with Crippen molar-refractivity contribution in [2.45, 2.75) is 0 Å². The molecule has 22 heavy (non-hydrogen) atoms. The predicted molar refractivity (Wildman–Crippen MR) is 87.4 cm³/mol. The second kappa shape index (κ2) is 5.61. The molecule has 0 amide bonds. The van der Waals surface area contributed by atoms with Crippen LogP contribution in [0.2, 0.25) is 0 Å². The first kappa shape index (κ1) is 13.0. The molecular weight excluding hydrogens is 296 g/mol. The van der Waals surface area contributed by atoms with Gasteiger partial charge in [0.25, 0.3) is 0 Å². The van der Waals surface area contributed by atoms with Crippen LogP contribution in [0.15, 0.2) is 59.7 Å². The minimum Gasteiger partial charge on any atom is -0.454 e. The molecule has 4 rings (SSSR count). The molecule has 2 aromatic carbocycles.